The quantitative estimate of drug-likeness (QED) is 0.713. The fourth-order valence-corrected chi connectivity index (χ4v) is 3.60. The first-order chi connectivity index (χ1) is 12.1. The van der Waals surface area contributed by atoms with Crippen molar-refractivity contribution in [3.63, 3.8) is 0 Å². The summed E-state index contributed by atoms with van der Waals surface area (Å²) in [5.41, 5.74) is 2.57. The first-order valence-electron chi connectivity index (χ1n) is 8.69. The Morgan fingerprint density at radius 2 is 2.12 bits per heavy atom. The number of hydrogen-bond donors (Lipinski definition) is 0. The molecular weight excluding hydrogens is 314 g/mol. The standard InChI is InChI=1S/C20H21N3O2/c1-13-10-17-11-15(5-6-19(17)25-13)20(24)23-9-3-4-16(12-23)18-7-8-21-14(2)22-18/h5-8,10-11,16H,3-4,9,12H2,1-2H3/t16-/m0/s1. The second-order valence-electron chi connectivity index (χ2n) is 6.73. The zero-order valence-electron chi connectivity index (χ0n) is 14.5. The summed E-state index contributed by atoms with van der Waals surface area (Å²) in [4.78, 5) is 23.6. The predicted molar refractivity (Wildman–Crippen MR) is 95.6 cm³/mol. The number of carbonyl (C=O) groups excluding carboxylic acids is 1. The topological polar surface area (TPSA) is 59.2 Å². The van der Waals surface area contributed by atoms with Gasteiger partial charge in [0.15, 0.2) is 0 Å². The Morgan fingerprint density at radius 3 is 2.96 bits per heavy atom. The van der Waals surface area contributed by atoms with Crippen molar-refractivity contribution in [3.05, 3.63) is 59.4 Å². The van der Waals surface area contributed by atoms with Crippen LogP contribution in [-0.2, 0) is 0 Å². The first kappa shape index (κ1) is 15.8. The van der Waals surface area contributed by atoms with Crippen molar-refractivity contribution >= 4 is 16.9 Å². The highest BCUT2D eigenvalue weighted by molar-refractivity contribution is 5.98. The van der Waals surface area contributed by atoms with Crippen molar-refractivity contribution in [2.45, 2.75) is 32.6 Å². The number of carbonyl (C=O) groups is 1. The largest absolute Gasteiger partial charge is 0.461 e. The number of piperidine rings is 1. The third-order valence-corrected chi connectivity index (χ3v) is 4.81. The molecule has 1 atom stereocenters. The number of furan rings is 1. The van der Waals surface area contributed by atoms with Crippen molar-refractivity contribution < 1.29 is 9.21 Å². The van der Waals surface area contributed by atoms with Gasteiger partial charge in [-0.2, -0.15) is 0 Å². The second kappa shape index (κ2) is 6.31. The Kier molecular flexibility index (Phi) is 3.99. The number of aromatic nitrogens is 2. The van der Waals surface area contributed by atoms with Crippen LogP contribution < -0.4 is 0 Å². The highest BCUT2D eigenvalue weighted by Crippen LogP contribution is 2.27. The van der Waals surface area contributed by atoms with Gasteiger partial charge in [0.1, 0.15) is 17.2 Å². The van der Waals surface area contributed by atoms with E-state index >= 15 is 0 Å². The molecule has 1 amide bonds. The monoisotopic (exact) mass is 335 g/mol. The highest BCUT2D eigenvalue weighted by atomic mass is 16.3. The van der Waals surface area contributed by atoms with E-state index in [1.807, 2.05) is 49.1 Å². The lowest BCUT2D eigenvalue weighted by molar-refractivity contribution is 0.0706. The zero-order valence-corrected chi connectivity index (χ0v) is 14.5. The van der Waals surface area contributed by atoms with Crippen molar-refractivity contribution in [2.75, 3.05) is 13.1 Å². The lowest BCUT2D eigenvalue weighted by Gasteiger charge is -2.32. The minimum atomic E-state index is 0.0798. The number of likely N-dealkylation sites (tertiary alicyclic amines) is 1. The number of benzene rings is 1. The van der Waals surface area contributed by atoms with E-state index in [1.54, 1.807) is 6.20 Å². The molecule has 1 saturated heterocycles. The van der Waals surface area contributed by atoms with E-state index in [2.05, 4.69) is 9.97 Å². The normalized spacial score (nSPS) is 17.8. The minimum Gasteiger partial charge on any atom is -0.461 e. The molecule has 5 nitrogen and oxygen atoms in total. The molecule has 0 radical (unpaired) electrons. The van der Waals surface area contributed by atoms with Crippen LogP contribution in [0.4, 0.5) is 0 Å². The molecular formula is C20H21N3O2. The van der Waals surface area contributed by atoms with Gasteiger partial charge in [0.05, 0.1) is 0 Å². The third-order valence-electron chi connectivity index (χ3n) is 4.81. The SMILES string of the molecule is Cc1nccc([C@H]2CCCN(C(=O)c3ccc4oc(C)cc4c3)C2)n1. The lowest BCUT2D eigenvalue weighted by Crippen LogP contribution is -2.39. The molecule has 5 heteroatoms. The van der Waals surface area contributed by atoms with Crippen molar-refractivity contribution in [1.29, 1.82) is 0 Å². The molecule has 3 heterocycles. The molecule has 1 aliphatic heterocycles. The second-order valence-corrected chi connectivity index (χ2v) is 6.73. The summed E-state index contributed by atoms with van der Waals surface area (Å²) in [7, 11) is 0. The van der Waals surface area contributed by atoms with Crippen LogP contribution in [0.1, 0.15) is 46.4 Å². The van der Waals surface area contributed by atoms with Gasteiger partial charge in [-0.1, -0.05) is 0 Å². The van der Waals surface area contributed by atoms with Gasteiger partial charge in [-0.15, -0.1) is 0 Å². The average Bonchev–Trinajstić information content (AvgIpc) is 3.00. The Labute approximate surface area is 146 Å². The Morgan fingerprint density at radius 1 is 1.24 bits per heavy atom. The van der Waals surface area contributed by atoms with E-state index in [4.69, 9.17) is 4.42 Å². The first-order valence-corrected chi connectivity index (χ1v) is 8.69. The number of fused-ring (bicyclic) bond motifs is 1. The van der Waals surface area contributed by atoms with Gasteiger partial charge in [0, 0.05) is 41.8 Å². The molecule has 128 valence electrons. The van der Waals surface area contributed by atoms with E-state index in [0.717, 1.165) is 47.6 Å². The number of aryl methyl sites for hydroxylation is 2. The number of nitrogens with zero attached hydrogens (tertiary/aromatic N) is 3. The molecule has 1 fully saturated rings. The van der Waals surface area contributed by atoms with Crippen LogP contribution in [0.5, 0.6) is 0 Å². The van der Waals surface area contributed by atoms with Crippen LogP contribution in [-0.4, -0.2) is 33.9 Å². The fourth-order valence-electron chi connectivity index (χ4n) is 3.60. The minimum absolute atomic E-state index is 0.0798. The van der Waals surface area contributed by atoms with Gasteiger partial charge >= 0.3 is 0 Å². The van der Waals surface area contributed by atoms with E-state index in [1.165, 1.54) is 0 Å². The molecule has 0 aliphatic carbocycles. The van der Waals surface area contributed by atoms with Crippen LogP contribution in [0.3, 0.4) is 0 Å². The molecule has 2 aromatic heterocycles. The predicted octanol–water partition coefficient (Wildman–Crippen LogP) is 3.86. The highest BCUT2D eigenvalue weighted by Gasteiger charge is 2.26. The zero-order chi connectivity index (χ0) is 17.4. The summed E-state index contributed by atoms with van der Waals surface area (Å²) in [6.07, 6.45) is 3.85. The number of rotatable bonds is 2. The van der Waals surface area contributed by atoms with Gasteiger partial charge < -0.3 is 9.32 Å². The average molecular weight is 335 g/mol. The molecule has 4 rings (SSSR count). The maximum Gasteiger partial charge on any atom is 0.253 e. The number of hydrogen-bond acceptors (Lipinski definition) is 4. The smallest absolute Gasteiger partial charge is 0.253 e. The summed E-state index contributed by atoms with van der Waals surface area (Å²) >= 11 is 0. The van der Waals surface area contributed by atoms with E-state index in [-0.39, 0.29) is 11.8 Å². The van der Waals surface area contributed by atoms with E-state index in [9.17, 15) is 4.79 Å². The Balaban J connectivity index is 1.56. The van der Waals surface area contributed by atoms with Crippen LogP contribution in [0.15, 0.2) is 40.9 Å². The van der Waals surface area contributed by atoms with Crippen LogP contribution in [0.25, 0.3) is 11.0 Å². The summed E-state index contributed by atoms with van der Waals surface area (Å²) in [5, 5.41) is 0.975. The van der Waals surface area contributed by atoms with Gasteiger partial charge in [0.25, 0.3) is 5.91 Å². The molecule has 0 spiro atoms. The Hall–Kier alpha value is -2.69. The van der Waals surface area contributed by atoms with Crippen LogP contribution in [0, 0.1) is 13.8 Å². The van der Waals surface area contributed by atoms with Crippen LogP contribution in [0.2, 0.25) is 0 Å². The van der Waals surface area contributed by atoms with Gasteiger partial charge in [-0.05, 0) is 57.0 Å². The molecule has 0 bridgehead atoms. The van der Waals surface area contributed by atoms with Crippen molar-refractivity contribution in [2.24, 2.45) is 0 Å². The maximum absolute atomic E-state index is 13.0. The maximum atomic E-state index is 13.0. The third kappa shape index (κ3) is 3.14. The molecule has 0 saturated carbocycles. The van der Waals surface area contributed by atoms with E-state index in [0.29, 0.717) is 12.1 Å². The summed E-state index contributed by atoms with van der Waals surface area (Å²) < 4.78 is 5.60. The molecule has 0 unspecified atom stereocenters. The Bertz CT molecular complexity index is 932. The molecule has 1 aliphatic rings. The van der Waals surface area contributed by atoms with Crippen molar-refractivity contribution in [3.8, 4) is 0 Å². The van der Waals surface area contributed by atoms with Crippen LogP contribution >= 0.6 is 0 Å². The van der Waals surface area contributed by atoms with Crippen molar-refractivity contribution in [1.82, 2.24) is 14.9 Å². The summed E-state index contributed by atoms with van der Waals surface area (Å²) in [6, 6.07) is 9.59. The number of amides is 1. The van der Waals surface area contributed by atoms with E-state index < -0.39 is 0 Å². The van der Waals surface area contributed by atoms with Gasteiger partial charge in [-0.25, -0.2) is 9.97 Å². The molecule has 3 aromatic rings. The lowest BCUT2D eigenvalue weighted by atomic mass is 9.94. The fraction of sp³-hybridized carbons (Fsp3) is 0.350. The molecule has 0 N–H and O–H groups in total. The van der Waals surface area contributed by atoms with Gasteiger partial charge in [0.2, 0.25) is 0 Å². The summed E-state index contributed by atoms with van der Waals surface area (Å²) in [6.45, 7) is 5.32. The molecule has 25 heavy (non-hydrogen) atoms. The molecule has 1 aromatic carbocycles. The van der Waals surface area contributed by atoms with Gasteiger partial charge in [-0.3, -0.25) is 4.79 Å². The summed E-state index contributed by atoms with van der Waals surface area (Å²) in [5.74, 6) is 1.99.